The van der Waals surface area contributed by atoms with Crippen LogP contribution in [-0.2, 0) is 0 Å². The molecule has 0 radical (unpaired) electrons. The van der Waals surface area contributed by atoms with Crippen LogP contribution in [0.5, 0.6) is 0 Å². The van der Waals surface area contributed by atoms with E-state index < -0.39 is 46.2 Å². The third-order valence-corrected chi connectivity index (χ3v) is 2.50. The number of carbonyl (C=O) groups is 1. The molecule has 2 N–H and O–H groups in total. The standard InChI is InChI=1S/C13H7F4NO2/c14-7-2-1-3-10(11(7)17)18-12-8(15)4-6(13(19)20)5-9(12)16/h1-5,18H,(H,19,20). The van der Waals surface area contributed by atoms with Crippen LogP contribution >= 0.6 is 0 Å². The molecule has 0 spiro atoms. The summed E-state index contributed by atoms with van der Waals surface area (Å²) in [4.78, 5) is 10.6. The van der Waals surface area contributed by atoms with Gasteiger partial charge in [0.25, 0.3) is 0 Å². The molecule has 7 heteroatoms. The highest BCUT2D eigenvalue weighted by Gasteiger charge is 2.17. The number of benzene rings is 2. The molecule has 0 saturated heterocycles. The zero-order valence-electron chi connectivity index (χ0n) is 9.75. The first-order valence-corrected chi connectivity index (χ1v) is 5.33. The monoisotopic (exact) mass is 285 g/mol. The minimum absolute atomic E-state index is 0.467. The van der Waals surface area contributed by atoms with E-state index in [1.807, 2.05) is 0 Å². The molecule has 0 aliphatic rings. The molecule has 0 atom stereocenters. The van der Waals surface area contributed by atoms with Gasteiger partial charge in [0, 0.05) is 0 Å². The van der Waals surface area contributed by atoms with Crippen molar-refractivity contribution < 1.29 is 27.5 Å². The number of aromatic carboxylic acids is 1. The normalized spacial score (nSPS) is 10.4. The quantitative estimate of drug-likeness (QED) is 0.846. The number of hydrogen-bond donors (Lipinski definition) is 2. The van der Waals surface area contributed by atoms with Crippen molar-refractivity contribution in [2.45, 2.75) is 0 Å². The largest absolute Gasteiger partial charge is 0.478 e. The molecule has 2 aromatic carbocycles. The molecule has 20 heavy (non-hydrogen) atoms. The van der Waals surface area contributed by atoms with Crippen molar-refractivity contribution in [3.8, 4) is 0 Å². The van der Waals surface area contributed by atoms with Crippen LogP contribution in [0.25, 0.3) is 0 Å². The zero-order valence-corrected chi connectivity index (χ0v) is 9.75. The van der Waals surface area contributed by atoms with E-state index in [2.05, 4.69) is 5.32 Å². The lowest BCUT2D eigenvalue weighted by Gasteiger charge is -2.10. The predicted molar refractivity (Wildman–Crippen MR) is 63.0 cm³/mol. The van der Waals surface area contributed by atoms with Crippen LogP contribution < -0.4 is 5.32 Å². The third kappa shape index (κ3) is 2.56. The Morgan fingerprint density at radius 1 is 1.00 bits per heavy atom. The summed E-state index contributed by atoms with van der Waals surface area (Å²) in [5, 5.41) is 10.7. The van der Waals surface area contributed by atoms with E-state index in [-0.39, 0.29) is 0 Å². The van der Waals surface area contributed by atoms with Gasteiger partial charge in [0.2, 0.25) is 0 Å². The molecule has 3 nitrogen and oxygen atoms in total. The van der Waals surface area contributed by atoms with Gasteiger partial charge in [0.15, 0.2) is 23.3 Å². The summed E-state index contributed by atoms with van der Waals surface area (Å²) >= 11 is 0. The van der Waals surface area contributed by atoms with Crippen LogP contribution in [0.15, 0.2) is 30.3 Å². The maximum Gasteiger partial charge on any atom is 0.335 e. The minimum Gasteiger partial charge on any atom is -0.478 e. The summed E-state index contributed by atoms with van der Waals surface area (Å²) in [5.74, 6) is -6.45. The van der Waals surface area contributed by atoms with Crippen LogP contribution in [0.2, 0.25) is 0 Å². The average molecular weight is 285 g/mol. The maximum absolute atomic E-state index is 13.6. The lowest BCUT2D eigenvalue weighted by Crippen LogP contribution is -2.04. The Bertz CT molecular complexity index is 665. The second-order valence-corrected chi connectivity index (χ2v) is 3.85. The van der Waals surface area contributed by atoms with Gasteiger partial charge in [-0.1, -0.05) is 6.07 Å². The first kappa shape index (κ1) is 13.9. The number of halogens is 4. The van der Waals surface area contributed by atoms with Gasteiger partial charge in [-0.25, -0.2) is 22.4 Å². The molecule has 0 saturated carbocycles. The van der Waals surface area contributed by atoms with E-state index >= 15 is 0 Å². The highest BCUT2D eigenvalue weighted by atomic mass is 19.2. The second kappa shape index (κ2) is 5.20. The molecule has 0 bridgehead atoms. The highest BCUT2D eigenvalue weighted by Crippen LogP contribution is 2.27. The fraction of sp³-hybridized carbons (Fsp3) is 0. The molecule has 0 aromatic heterocycles. The fourth-order valence-corrected chi connectivity index (χ4v) is 1.55. The van der Waals surface area contributed by atoms with Crippen molar-refractivity contribution in [2.75, 3.05) is 5.32 Å². The number of hydrogen-bond acceptors (Lipinski definition) is 2. The van der Waals surface area contributed by atoms with E-state index in [9.17, 15) is 22.4 Å². The van der Waals surface area contributed by atoms with Gasteiger partial charge in [-0.05, 0) is 24.3 Å². The molecule has 0 aliphatic carbocycles. The number of carboxylic acid groups (broad SMARTS) is 1. The Morgan fingerprint density at radius 3 is 2.15 bits per heavy atom. The van der Waals surface area contributed by atoms with Crippen molar-refractivity contribution >= 4 is 17.3 Å². The van der Waals surface area contributed by atoms with Crippen molar-refractivity contribution in [1.29, 1.82) is 0 Å². The Labute approximate surface area is 110 Å². The van der Waals surface area contributed by atoms with E-state index in [0.29, 0.717) is 12.1 Å². The molecule has 104 valence electrons. The van der Waals surface area contributed by atoms with E-state index in [1.165, 1.54) is 0 Å². The van der Waals surface area contributed by atoms with Gasteiger partial charge in [-0.3, -0.25) is 0 Å². The summed E-state index contributed by atoms with van der Waals surface area (Å²) in [7, 11) is 0. The lowest BCUT2D eigenvalue weighted by molar-refractivity contribution is 0.0696. The van der Waals surface area contributed by atoms with Gasteiger partial charge >= 0.3 is 5.97 Å². The molecule has 0 amide bonds. The summed E-state index contributed by atoms with van der Waals surface area (Å²) in [6.07, 6.45) is 0. The van der Waals surface area contributed by atoms with Crippen molar-refractivity contribution in [1.82, 2.24) is 0 Å². The van der Waals surface area contributed by atoms with Crippen molar-refractivity contribution in [2.24, 2.45) is 0 Å². The van der Waals surface area contributed by atoms with Gasteiger partial charge in [0.05, 0.1) is 11.3 Å². The topological polar surface area (TPSA) is 49.3 Å². The summed E-state index contributed by atoms with van der Waals surface area (Å²) in [6.45, 7) is 0. The molecule has 0 heterocycles. The molecule has 0 fully saturated rings. The van der Waals surface area contributed by atoms with E-state index in [1.54, 1.807) is 0 Å². The van der Waals surface area contributed by atoms with Gasteiger partial charge in [-0.15, -0.1) is 0 Å². The predicted octanol–water partition coefficient (Wildman–Crippen LogP) is 3.68. The summed E-state index contributed by atoms with van der Waals surface area (Å²) < 4.78 is 53.6. The highest BCUT2D eigenvalue weighted by molar-refractivity contribution is 5.88. The molecule has 0 aliphatic heterocycles. The Morgan fingerprint density at radius 2 is 1.60 bits per heavy atom. The zero-order chi connectivity index (χ0) is 14.9. The van der Waals surface area contributed by atoms with Crippen LogP contribution in [-0.4, -0.2) is 11.1 Å². The average Bonchev–Trinajstić information content (AvgIpc) is 2.38. The third-order valence-electron chi connectivity index (χ3n) is 2.50. The first-order chi connectivity index (χ1) is 9.40. The fourth-order valence-electron chi connectivity index (χ4n) is 1.55. The molecule has 2 rings (SSSR count). The SMILES string of the molecule is O=C(O)c1cc(F)c(Nc2cccc(F)c2F)c(F)c1. The molecular formula is C13H7F4NO2. The number of rotatable bonds is 3. The number of carboxylic acids is 1. The van der Waals surface area contributed by atoms with Gasteiger partial charge in [-0.2, -0.15) is 0 Å². The second-order valence-electron chi connectivity index (χ2n) is 3.85. The smallest absolute Gasteiger partial charge is 0.335 e. The number of nitrogens with one attached hydrogen (secondary N) is 1. The van der Waals surface area contributed by atoms with Crippen LogP contribution in [0.3, 0.4) is 0 Å². The summed E-state index contributed by atoms with van der Waals surface area (Å²) in [6, 6.07) is 4.24. The Balaban J connectivity index is 2.44. The van der Waals surface area contributed by atoms with Crippen LogP contribution in [0.4, 0.5) is 28.9 Å². The number of anilines is 2. The maximum atomic E-state index is 13.6. The summed E-state index contributed by atoms with van der Waals surface area (Å²) in [5.41, 5.74) is -1.82. The van der Waals surface area contributed by atoms with Crippen molar-refractivity contribution in [3.05, 3.63) is 59.2 Å². The van der Waals surface area contributed by atoms with E-state index in [0.717, 1.165) is 18.2 Å². The van der Waals surface area contributed by atoms with Crippen LogP contribution in [0.1, 0.15) is 10.4 Å². The first-order valence-electron chi connectivity index (χ1n) is 5.33. The van der Waals surface area contributed by atoms with Crippen LogP contribution in [0, 0.1) is 23.3 Å². The van der Waals surface area contributed by atoms with Gasteiger partial charge in [0.1, 0.15) is 5.69 Å². The molecule has 0 unspecified atom stereocenters. The van der Waals surface area contributed by atoms with Gasteiger partial charge < -0.3 is 10.4 Å². The Hall–Kier alpha value is -2.57. The lowest BCUT2D eigenvalue weighted by atomic mass is 10.1. The Kier molecular flexibility index (Phi) is 3.60. The van der Waals surface area contributed by atoms with Crippen molar-refractivity contribution in [3.63, 3.8) is 0 Å². The molecule has 2 aromatic rings. The molecular weight excluding hydrogens is 278 g/mol. The van der Waals surface area contributed by atoms with E-state index in [4.69, 9.17) is 5.11 Å². The minimum atomic E-state index is -1.51.